The summed E-state index contributed by atoms with van der Waals surface area (Å²) in [5, 5.41) is 0. The minimum atomic E-state index is 0.578. The maximum Gasteiger partial charge on any atom is 0.228 e. The zero-order valence-electron chi connectivity index (χ0n) is 11.5. The van der Waals surface area contributed by atoms with Gasteiger partial charge in [0.1, 0.15) is 5.52 Å². The van der Waals surface area contributed by atoms with E-state index in [2.05, 4.69) is 38.0 Å². The number of pyridine rings is 1. The lowest BCUT2D eigenvalue weighted by atomic mass is 10.1. The van der Waals surface area contributed by atoms with E-state index in [4.69, 9.17) is 4.42 Å². The van der Waals surface area contributed by atoms with E-state index in [1.54, 1.807) is 12.4 Å². The first-order chi connectivity index (χ1) is 10.8. The summed E-state index contributed by atoms with van der Waals surface area (Å²) in [7, 11) is 0. The third-order valence-electron chi connectivity index (χ3n) is 3.45. The Balaban J connectivity index is 1.82. The molecule has 0 saturated heterocycles. The summed E-state index contributed by atoms with van der Waals surface area (Å²) in [5.41, 5.74) is 4.76. The van der Waals surface area contributed by atoms with Crippen LogP contribution < -0.4 is 0 Å². The Labute approximate surface area is 135 Å². The Hall–Kier alpha value is -2.46. The molecule has 0 unspecified atom stereocenters. The van der Waals surface area contributed by atoms with Crippen LogP contribution in [-0.4, -0.2) is 9.97 Å². The van der Waals surface area contributed by atoms with Crippen LogP contribution in [0.25, 0.3) is 33.7 Å². The fourth-order valence-corrected chi connectivity index (χ4v) is 2.75. The van der Waals surface area contributed by atoms with Crippen LogP contribution in [0.1, 0.15) is 0 Å². The Morgan fingerprint density at radius 1 is 0.818 bits per heavy atom. The molecule has 0 aliphatic carbocycles. The number of benzene rings is 2. The van der Waals surface area contributed by atoms with Gasteiger partial charge in [-0.2, -0.15) is 0 Å². The SMILES string of the molecule is Brc1cncc(-c2nc3cc(-c4ccccc4)ccc3o2)c1. The average Bonchev–Trinajstić information content (AvgIpc) is 2.99. The van der Waals surface area contributed by atoms with Crippen LogP contribution in [0.5, 0.6) is 0 Å². The van der Waals surface area contributed by atoms with E-state index in [1.165, 1.54) is 0 Å². The van der Waals surface area contributed by atoms with E-state index >= 15 is 0 Å². The van der Waals surface area contributed by atoms with Gasteiger partial charge in [0, 0.05) is 16.9 Å². The van der Waals surface area contributed by atoms with Crippen molar-refractivity contribution in [2.24, 2.45) is 0 Å². The van der Waals surface area contributed by atoms with E-state index in [9.17, 15) is 0 Å². The number of fused-ring (bicyclic) bond motifs is 1. The number of nitrogens with zero attached hydrogens (tertiary/aromatic N) is 2. The number of hydrogen-bond acceptors (Lipinski definition) is 3. The van der Waals surface area contributed by atoms with Gasteiger partial charge in [0.15, 0.2) is 5.58 Å². The Kier molecular flexibility index (Phi) is 3.24. The van der Waals surface area contributed by atoms with Gasteiger partial charge in [-0.15, -0.1) is 0 Å². The molecule has 2 heterocycles. The zero-order chi connectivity index (χ0) is 14.9. The smallest absolute Gasteiger partial charge is 0.228 e. The van der Waals surface area contributed by atoms with Gasteiger partial charge in [-0.3, -0.25) is 4.98 Å². The summed E-state index contributed by atoms with van der Waals surface area (Å²) in [6, 6.07) is 18.2. The second-order valence-corrected chi connectivity index (χ2v) is 5.88. The molecule has 4 rings (SSSR count). The minimum Gasteiger partial charge on any atom is -0.436 e. The molecule has 4 aromatic rings. The van der Waals surface area contributed by atoms with E-state index < -0.39 is 0 Å². The molecule has 0 spiro atoms. The Bertz CT molecular complexity index is 948. The van der Waals surface area contributed by atoms with E-state index in [0.29, 0.717) is 5.89 Å². The van der Waals surface area contributed by atoms with Crippen LogP contribution in [0.2, 0.25) is 0 Å². The highest BCUT2D eigenvalue weighted by Gasteiger charge is 2.10. The number of rotatable bonds is 2. The molecule has 0 aliphatic rings. The van der Waals surface area contributed by atoms with Gasteiger partial charge in [-0.1, -0.05) is 36.4 Å². The highest BCUT2D eigenvalue weighted by molar-refractivity contribution is 9.10. The van der Waals surface area contributed by atoms with E-state index in [0.717, 1.165) is 32.3 Å². The van der Waals surface area contributed by atoms with Crippen LogP contribution >= 0.6 is 15.9 Å². The van der Waals surface area contributed by atoms with Crippen molar-refractivity contribution in [3.05, 3.63) is 71.5 Å². The third kappa shape index (κ3) is 2.42. The number of hydrogen-bond donors (Lipinski definition) is 0. The molecule has 4 heteroatoms. The first-order valence-corrected chi connectivity index (χ1v) is 7.66. The largest absolute Gasteiger partial charge is 0.436 e. The third-order valence-corrected chi connectivity index (χ3v) is 3.88. The van der Waals surface area contributed by atoms with Crippen LogP contribution in [-0.2, 0) is 0 Å². The van der Waals surface area contributed by atoms with Crippen molar-refractivity contribution in [1.29, 1.82) is 0 Å². The van der Waals surface area contributed by atoms with Gasteiger partial charge in [0.2, 0.25) is 5.89 Å². The van der Waals surface area contributed by atoms with E-state index in [-0.39, 0.29) is 0 Å². The summed E-state index contributed by atoms with van der Waals surface area (Å²) in [4.78, 5) is 8.73. The predicted molar refractivity (Wildman–Crippen MR) is 90.4 cm³/mol. The highest BCUT2D eigenvalue weighted by Crippen LogP contribution is 2.28. The van der Waals surface area contributed by atoms with Crippen LogP contribution in [0, 0.1) is 0 Å². The summed E-state index contributed by atoms with van der Waals surface area (Å²) in [6.45, 7) is 0. The monoisotopic (exact) mass is 350 g/mol. The molecule has 0 atom stereocenters. The minimum absolute atomic E-state index is 0.578. The van der Waals surface area contributed by atoms with Gasteiger partial charge >= 0.3 is 0 Å². The first-order valence-electron chi connectivity index (χ1n) is 6.86. The van der Waals surface area contributed by atoms with Gasteiger partial charge in [0.25, 0.3) is 0 Å². The van der Waals surface area contributed by atoms with E-state index in [1.807, 2.05) is 42.5 Å². The molecule has 22 heavy (non-hydrogen) atoms. The number of aromatic nitrogens is 2. The molecule has 2 aromatic heterocycles. The van der Waals surface area contributed by atoms with Gasteiger partial charge < -0.3 is 4.42 Å². The normalized spacial score (nSPS) is 11.0. The number of oxazole rings is 1. The quantitative estimate of drug-likeness (QED) is 0.491. The summed E-state index contributed by atoms with van der Waals surface area (Å²) in [6.07, 6.45) is 3.48. The first kappa shape index (κ1) is 13.2. The second kappa shape index (κ2) is 5.39. The standard InChI is InChI=1S/C18H11BrN2O/c19-15-8-14(10-20-11-15)18-21-16-9-13(6-7-17(16)22-18)12-4-2-1-3-5-12/h1-11H. The molecule has 0 radical (unpaired) electrons. The van der Waals surface area contributed by atoms with Crippen molar-refractivity contribution in [2.75, 3.05) is 0 Å². The maximum absolute atomic E-state index is 5.83. The topological polar surface area (TPSA) is 38.9 Å². The van der Waals surface area contributed by atoms with Crippen molar-refractivity contribution < 1.29 is 4.42 Å². The maximum atomic E-state index is 5.83. The molecule has 0 aliphatic heterocycles. The number of halogens is 1. The average molecular weight is 351 g/mol. The fourth-order valence-electron chi connectivity index (χ4n) is 2.39. The fraction of sp³-hybridized carbons (Fsp3) is 0. The molecule has 0 saturated carbocycles. The predicted octanol–water partition coefficient (Wildman–Crippen LogP) is 5.32. The zero-order valence-corrected chi connectivity index (χ0v) is 13.1. The lowest BCUT2D eigenvalue weighted by Gasteiger charge is -1.99. The van der Waals surface area contributed by atoms with Crippen LogP contribution in [0.15, 0.2) is 75.9 Å². The second-order valence-electron chi connectivity index (χ2n) is 4.96. The molecule has 106 valence electrons. The van der Waals surface area contributed by atoms with Crippen molar-refractivity contribution in [3.8, 4) is 22.6 Å². The van der Waals surface area contributed by atoms with Crippen molar-refractivity contribution >= 4 is 27.0 Å². The summed E-state index contributed by atoms with van der Waals surface area (Å²) in [5.74, 6) is 0.578. The molecule has 0 amide bonds. The van der Waals surface area contributed by atoms with Crippen LogP contribution in [0.4, 0.5) is 0 Å². The van der Waals surface area contributed by atoms with Crippen molar-refractivity contribution in [3.63, 3.8) is 0 Å². The molecule has 3 nitrogen and oxygen atoms in total. The van der Waals surface area contributed by atoms with Gasteiger partial charge in [-0.25, -0.2) is 4.98 Å². The van der Waals surface area contributed by atoms with Crippen molar-refractivity contribution in [1.82, 2.24) is 9.97 Å². The summed E-state index contributed by atoms with van der Waals surface area (Å²) < 4.78 is 6.73. The molecule has 0 fully saturated rings. The molecule has 0 N–H and O–H groups in total. The molecule has 0 bridgehead atoms. The summed E-state index contributed by atoms with van der Waals surface area (Å²) >= 11 is 3.41. The Morgan fingerprint density at radius 2 is 1.68 bits per heavy atom. The Morgan fingerprint density at radius 3 is 2.50 bits per heavy atom. The van der Waals surface area contributed by atoms with Gasteiger partial charge in [-0.05, 0) is 45.3 Å². The molecular formula is C18H11BrN2O. The lowest BCUT2D eigenvalue weighted by Crippen LogP contribution is -1.80. The molecular weight excluding hydrogens is 340 g/mol. The highest BCUT2D eigenvalue weighted by atomic mass is 79.9. The van der Waals surface area contributed by atoms with Gasteiger partial charge in [0.05, 0.1) is 5.56 Å². The van der Waals surface area contributed by atoms with Crippen molar-refractivity contribution in [2.45, 2.75) is 0 Å². The molecule has 2 aromatic carbocycles. The lowest BCUT2D eigenvalue weighted by molar-refractivity contribution is 0.619. The van der Waals surface area contributed by atoms with Crippen LogP contribution in [0.3, 0.4) is 0 Å².